The zero-order chi connectivity index (χ0) is 24.9. The molecule has 3 aromatic rings. The van der Waals surface area contributed by atoms with Crippen LogP contribution in [0, 0.1) is 17.0 Å². The monoisotopic (exact) mass is 489 g/mol. The van der Waals surface area contributed by atoms with Crippen molar-refractivity contribution in [3.8, 4) is 11.5 Å². The number of amides is 1. The van der Waals surface area contributed by atoms with Gasteiger partial charge in [0, 0.05) is 7.05 Å². The number of aliphatic imine (C=N–C) groups is 1. The van der Waals surface area contributed by atoms with Gasteiger partial charge in [-0.05, 0) is 48.5 Å². The van der Waals surface area contributed by atoms with Crippen LogP contribution in [0.2, 0.25) is 0 Å². The first-order valence-corrected chi connectivity index (χ1v) is 11.5. The highest BCUT2D eigenvalue weighted by Gasteiger charge is 2.31. The van der Waals surface area contributed by atoms with Gasteiger partial charge < -0.3 is 9.47 Å². The lowest BCUT2D eigenvalue weighted by Gasteiger charge is -2.12. The summed E-state index contributed by atoms with van der Waals surface area (Å²) in [6.07, 6.45) is 1.49. The second-order valence-corrected chi connectivity index (χ2v) is 8.81. The van der Waals surface area contributed by atoms with E-state index in [4.69, 9.17) is 9.47 Å². The number of amidine groups is 1. The first-order valence-electron chi connectivity index (χ1n) is 10.7. The molecule has 35 heavy (non-hydrogen) atoms. The molecule has 0 spiro atoms. The summed E-state index contributed by atoms with van der Waals surface area (Å²) in [6, 6.07) is 19.9. The molecular formula is C26H23N3O5S. The number of carbonyl (C=O) groups is 1. The number of hydrogen-bond acceptors (Lipinski definition) is 7. The average Bonchev–Trinajstić information content (AvgIpc) is 3.12. The quantitative estimate of drug-likeness (QED) is 0.239. The largest absolute Gasteiger partial charge is 0.493 e. The topological polar surface area (TPSA) is 94.3 Å². The number of hydrogen-bond donors (Lipinski definition) is 0. The average molecular weight is 490 g/mol. The van der Waals surface area contributed by atoms with E-state index in [0.29, 0.717) is 21.5 Å². The molecule has 0 aromatic heterocycles. The number of thioether (sulfide) groups is 1. The van der Waals surface area contributed by atoms with Crippen molar-refractivity contribution in [1.29, 1.82) is 0 Å². The van der Waals surface area contributed by atoms with Gasteiger partial charge in [-0.15, -0.1) is 0 Å². The molecule has 3 aromatic carbocycles. The molecule has 1 saturated heterocycles. The molecule has 0 N–H and O–H groups in total. The smallest absolute Gasteiger partial charge is 0.280 e. The van der Waals surface area contributed by atoms with Gasteiger partial charge in [-0.25, -0.2) is 4.99 Å². The minimum Gasteiger partial charge on any atom is -0.493 e. The fourth-order valence-corrected chi connectivity index (χ4v) is 4.35. The molecule has 4 rings (SSSR count). The number of carbonyl (C=O) groups excluding carboxylic acids is 1. The zero-order valence-electron chi connectivity index (χ0n) is 19.4. The number of nitro groups is 1. The second-order valence-electron chi connectivity index (χ2n) is 7.80. The van der Waals surface area contributed by atoms with Crippen LogP contribution in [0.25, 0.3) is 6.08 Å². The molecular weight excluding hydrogens is 466 g/mol. The van der Waals surface area contributed by atoms with Gasteiger partial charge in [-0.3, -0.25) is 19.8 Å². The van der Waals surface area contributed by atoms with Gasteiger partial charge in [0.25, 0.3) is 11.6 Å². The molecule has 8 nitrogen and oxygen atoms in total. The summed E-state index contributed by atoms with van der Waals surface area (Å²) in [6.45, 7) is 2.21. The first kappa shape index (κ1) is 24.0. The SMILES string of the molecule is COc1cc(/C=C2/SC(=Nc3ccc(C)cc3)N(C)C2=O)c([N+](=O)[O-])cc1OCc1ccccc1. The summed E-state index contributed by atoms with van der Waals surface area (Å²) in [4.78, 5) is 30.5. The maximum atomic E-state index is 12.9. The maximum absolute atomic E-state index is 12.9. The van der Waals surface area contributed by atoms with Crippen LogP contribution in [0.4, 0.5) is 11.4 Å². The number of likely N-dealkylation sites (N-methyl/N-ethyl adjacent to an activating group) is 1. The van der Waals surface area contributed by atoms with Crippen molar-refractivity contribution < 1.29 is 19.2 Å². The van der Waals surface area contributed by atoms with E-state index in [0.717, 1.165) is 22.9 Å². The van der Waals surface area contributed by atoms with E-state index in [9.17, 15) is 14.9 Å². The second kappa shape index (κ2) is 10.4. The van der Waals surface area contributed by atoms with E-state index < -0.39 is 4.92 Å². The third-order valence-electron chi connectivity index (χ3n) is 5.30. The van der Waals surface area contributed by atoms with Crippen molar-refractivity contribution in [2.45, 2.75) is 13.5 Å². The Hall–Kier alpha value is -4.11. The number of rotatable bonds is 7. The summed E-state index contributed by atoms with van der Waals surface area (Å²) in [5, 5.41) is 12.3. The first-order chi connectivity index (χ1) is 16.9. The van der Waals surface area contributed by atoms with Crippen LogP contribution in [0.15, 0.2) is 76.6 Å². The van der Waals surface area contributed by atoms with Gasteiger partial charge >= 0.3 is 0 Å². The van der Waals surface area contributed by atoms with Gasteiger partial charge in [0.1, 0.15) is 6.61 Å². The lowest BCUT2D eigenvalue weighted by atomic mass is 10.1. The van der Waals surface area contributed by atoms with Crippen molar-refractivity contribution in [3.05, 3.63) is 98.4 Å². The molecule has 0 saturated carbocycles. The Morgan fingerprint density at radius 1 is 1.09 bits per heavy atom. The molecule has 178 valence electrons. The van der Waals surface area contributed by atoms with Crippen LogP contribution < -0.4 is 9.47 Å². The van der Waals surface area contributed by atoms with Gasteiger partial charge in [0.15, 0.2) is 16.7 Å². The van der Waals surface area contributed by atoms with Crippen molar-refractivity contribution in [1.82, 2.24) is 4.90 Å². The fraction of sp³-hybridized carbons (Fsp3) is 0.154. The van der Waals surface area contributed by atoms with Crippen LogP contribution in [0.5, 0.6) is 11.5 Å². The van der Waals surface area contributed by atoms with E-state index >= 15 is 0 Å². The van der Waals surface area contributed by atoms with Gasteiger partial charge in [-0.2, -0.15) is 0 Å². The van der Waals surface area contributed by atoms with Crippen LogP contribution >= 0.6 is 11.8 Å². The predicted octanol–water partition coefficient (Wildman–Crippen LogP) is 5.72. The minimum absolute atomic E-state index is 0.193. The molecule has 1 fully saturated rings. The molecule has 0 bridgehead atoms. The standard InChI is InChI=1S/C26H23N3O5S/c1-17-9-11-20(12-10-17)27-26-28(2)25(30)24(35-26)14-19-13-22(33-3)23(15-21(19)29(31)32)34-16-18-7-5-4-6-8-18/h4-15H,16H2,1-3H3/b24-14+,27-26?. The lowest BCUT2D eigenvalue weighted by molar-refractivity contribution is -0.385. The molecule has 0 unspecified atom stereocenters. The highest BCUT2D eigenvalue weighted by molar-refractivity contribution is 8.18. The fourth-order valence-electron chi connectivity index (χ4n) is 3.37. The molecule has 9 heteroatoms. The van der Waals surface area contributed by atoms with E-state index in [1.165, 1.54) is 30.2 Å². The summed E-state index contributed by atoms with van der Waals surface area (Å²) in [5.74, 6) is 0.281. The maximum Gasteiger partial charge on any atom is 0.280 e. The molecule has 1 aliphatic heterocycles. The summed E-state index contributed by atoms with van der Waals surface area (Å²) in [5.41, 5.74) is 2.78. The highest BCUT2D eigenvalue weighted by atomic mass is 32.2. The zero-order valence-corrected chi connectivity index (χ0v) is 20.2. The Kier molecular flexibility index (Phi) is 7.17. The number of ether oxygens (including phenoxy) is 2. The van der Waals surface area contributed by atoms with Crippen molar-refractivity contribution in [2.24, 2.45) is 4.99 Å². The van der Waals surface area contributed by atoms with Crippen LogP contribution in [-0.2, 0) is 11.4 Å². The number of methoxy groups -OCH3 is 1. The van der Waals surface area contributed by atoms with Gasteiger partial charge in [-0.1, -0.05) is 48.0 Å². The van der Waals surface area contributed by atoms with Crippen molar-refractivity contribution >= 4 is 40.3 Å². The minimum atomic E-state index is -0.504. The Morgan fingerprint density at radius 3 is 2.46 bits per heavy atom. The third kappa shape index (κ3) is 5.52. The lowest BCUT2D eigenvalue weighted by Crippen LogP contribution is -2.23. The van der Waals surface area contributed by atoms with E-state index in [2.05, 4.69) is 4.99 Å². The number of nitro benzene ring substituents is 1. The summed E-state index contributed by atoms with van der Waals surface area (Å²) < 4.78 is 11.2. The normalized spacial score (nSPS) is 15.6. The van der Waals surface area contributed by atoms with E-state index in [-0.39, 0.29) is 29.5 Å². The third-order valence-corrected chi connectivity index (χ3v) is 6.36. The summed E-state index contributed by atoms with van der Waals surface area (Å²) >= 11 is 1.16. The molecule has 1 amide bonds. The molecule has 1 aliphatic rings. The number of aryl methyl sites for hydroxylation is 1. The van der Waals surface area contributed by atoms with Crippen LogP contribution in [-0.4, -0.2) is 35.1 Å². The van der Waals surface area contributed by atoms with Gasteiger partial charge in [0.05, 0.1) is 34.3 Å². The Bertz CT molecular complexity index is 1320. The molecule has 0 atom stereocenters. The Morgan fingerprint density at radius 2 is 1.80 bits per heavy atom. The predicted molar refractivity (Wildman–Crippen MR) is 137 cm³/mol. The number of nitrogens with zero attached hydrogens (tertiary/aromatic N) is 3. The molecule has 0 radical (unpaired) electrons. The Labute approximate surface area is 207 Å². The number of benzene rings is 3. The highest BCUT2D eigenvalue weighted by Crippen LogP contribution is 2.39. The van der Waals surface area contributed by atoms with Gasteiger partial charge in [0.2, 0.25) is 0 Å². The van der Waals surface area contributed by atoms with Crippen LogP contribution in [0.3, 0.4) is 0 Å². The Balaban J connectivity index is 1.65. The molecule has 0 aliphatic carbocycles. The molecule has 1 heterocycles. The van der Waals surface area contributed by atoms with Crippen molar-refractivity contribution in [3.63, 3.8) is 0 Å². The van der Waals surface area contributed by atoms with Crippen LogP contribution in [0.1, 0.15) is 16.7 Å². The summed E-state index contributed by atoms with van der Waals surface area (Å²) in [7, 11) is 3.09. The van der Waals surface area contributed by atoms with Crippen molar-refractivity contribution in [2.75, 3.05) is 14.2 Å². The van der Waals surface area contributed by atoms with E-state index in [1.807, 2.05) is 61.5 Å². The van der Waals surface area contributed by atoms with E-state index in [1.54, 1.807) is 7.05 Å².